The van der Waals surface area contributed by atoms with Crippen molar-refractivity contribution < 1.29 is 24.2 Å². The maximum atomic E-state index is 11.7. The Labute approximate surface area is 185 Å². The van der Waals surface area contributed by atoms with Gasteiger partial charge < -0.3 is 14.6 Å². The maximum absolute atomic E-state index is 11.7. The molecule has 0 radical (unpaired) electrons. The molecule has 0 aliphatic carbocycles. The second kappa shape index (κ2) is 22.6. The first kappa shape index (κ1) is 28.9. The maximum Gasteiger partial charge on any atom is 0.305 e. The average Bonchev–Trinajstić information content (AvgIpc) is 2.74. The average molecular weight is 429 g/mol. The quantitative estimate of drug-likeness (QED) is 0.157. The van der Waals surface area contributed by atoms with E-state index in [9.17, 15) is 14.7 Å². The van der Waals surface area contributed by atoms with Crippen molar-refractivity contribution in [1.29, 1.82) is 0 Å². The van der Waals surface area contributed by atoms with Crippen molar-refractivity contribution in [2.24, 2.45) is 0 Å². The largest absolute Gasteiger partial charge is 0.463 e. The minimum absolute atomic E-state index is 0.110. The fraction of sp³-hybridized carbons (Fsp3) is 0.920. The molecule has 0 spiro atoms. The Balaban J connectivity index is 3.46. The first-order valence-corrected chi connectivity index (χ1v) is 12.6. The summed E-state index contributed by atoms with van der Waals surface area (Å²) >= 11 is 0. The number of aliphatic hydroxyl groups excluding tert-OH is 1. The van der Waals surface area contributed by atoms with E-state index in [2.05, 4.69) is 13.8 Å². The highest BCUT2D eigenvalue weighted by Crippen LogP contribution is 2.11. The molecular weight excluding hydrogens is 380 g/mol. The number of carbonyl (C=O) groups is 2. The number of hydrogen-bond acceptors (Lipinski definition) is 5. The van der Waals surface area contributed by atoms with Gasteiger partial charge in [-0.05, 0) is 12.8 Å². The molecule has 0 saturated heterocycles. The molecule has 178 valence electrons. The van der Waals surface area contributed by atoms with Crippen molar-refractivity contribution >= 4 is 11.9 Å². The number of aliphatic hydroxyl groups is 1. The summed E-state index contributed by atoms with van der Waals surface area (Å²) in [6.45, 7) is 4.20. The number of carbonyl (C=O) groups excluding carboxylic acids is 2. The van der Waals surface area contributed by atoms with Gasteiger partial charge in [0, 0.05) is 12.8 Å². The van der Waals surface area contributed by atoms with E-state index < -0.39 is 6.10 Å². The molecule has 1 atom stereocenters. The summed E-state index contributed by atoms with van der Waals surface area (Å²) in [6.07, 6.45) is 18.7. The lowest BCUT2D eigenvalue weighted by Crippen LogP contribution is -2.25. The fourth-order valence-electron chi connectivity index (χ4n) is 3.38. The van der Waals surface area contributed by atoms with Crippen LogP contribution >= 0.6 is 0 Å². The molecule has 0 rings (SSSR count). The van der Waals surface area contributed by atoms with Gasteiger partial charge in [-0.15, -0.1) is 0 Å². The minimum atomic E-state index is -0.949. The van der Waals surface area contributed by atoms with E-state index in [4.69, 9.17) is 9.47 Å². The molecule has 0 saturated carbocycles. The molecule has 0 aromatic carbocycles. The first-order valence-electron chi connectivity index (χ1n) is 12.6. The van der Waals surface area contributed by atoms with E-state index in [-0.39, 0.29) is 25.2 Å². The Kier molecular flexibility index (Phi) is 21.8. The highest BCUT2D eigenvalue weighted by Gasteiger charge is 2.12. The molecule has 5 nitrogen and oxygen atoms in total. The summed E-state index contributed by atoms with van der Waals surface area (Å²) in [4.78, 5) is 23.4. The summed E-state index contributed by atoms with van der Waals surface area (Å²) in [6, 6.07) is 0. The van der Waals surface area contributed by atoms with Crippen LogP contribution in [-0.4, -0.2) is 36.4 Å². The van der Waals surface area contributed by atoms with E-state index in [0.29, 0.717) is 12.8 Å². The number of ether oxygens (including phenoxy) is 2. The van der Waals surface area contributed by atoms with Crippen molar-refractivity contribution in [1.82, 2.24) is 0 Å². The Morgan fingerprint density at radius 3 is 1.20 bits per heavy atom. The van der Waals surface area contributed by atoms with Gasteiger partial charge in [-0.1, -0.05) is 104 Å². The molecular formula is C25H48O5. The molecule has 30 heavy (non-hydrogen) atoms. The normalized spacial score (nSPS) is 12.0. The highest BCUT2D eigenvalue weighted by atomic mass is 16.6. The molecule has 0 unspecified atom stereocenters. The van der Waals surface area contributed by atoms with Crippen LogP contribution in [0.25, 0.3) is 0 Å². The second-order valence-electron chi connectivity index (χ2n) is 8.47. The van der Waals surface area contributed by atoms with Crippen LogP contribution in [0.2, 0.25) is 0 Å². The molecule has 0 aromatic rings. The lowest BCUT2D eigenvalue weighted by atomic mass is 10.1. The molecule has 0 aliphatic heterocycles. The molecule has 1 N–H and O–H groups in total. The van der Waals surface area contributed by atoms with Gasteiger partial charge in [0.15, 0.2) is 0 Å². The van der Waals surface area contributed by atoms with Gasteiger partial charge >= 0.3 is 11.9 Å². The van der Waals surface area contributed by atoms with Crippen LogP contribution in [0.1, 0.15) is 129 Å². The first-order chi connectivity index (χ1) is 14.6. The van der Waals surface area contributed by atoms with Gasteiger partial charge in [0.05, 0.1) is 0 Å². The zero-order valence-corrected chi connectivity index (χ0v) is 19.8. The van der Waals surface area contributed by atoms with Crippen LogP contribution in [0, 0.1) is 0 Å². The third-order valence-corrected chi connectivity index (χ3v) is 5.34. The van der Waals surface area contributed by atoms with Gasteiger partial charge in [0.1, 0.15) is 19.3 Å². The van der Waals surface area contributed by atoms with Crippen molar-refractivity contribution in [3.05, 3.63) is 0 Å². The number of esters is 2. The molecule has 0 aliphatic rings. The Morgan fingerprint density at radius 1 is 0.567 bits per heavy atom. The van der Waals surface area contributed by atoms with E-state index in [1.807, 2.05) is 0 Å². The monoisotopic (exact) mass is 428 g/mol. The van der Waals surface area contributed by atoms with Gasteiger partial charge in [-0.3, -0.25) is 9.59 Å². The van der Waals surface area contributed by atoms with E-state index in [1.54, 1.807) is 0 Å². The van der Waals surface area contributed by atoms with Crippen LogP contribution in [0.5, 0.6) is 0 Å². The molecule has 0 fully saturated rings. The lowest BCUT2D eigenvalue weighted by Gasteiger charge is -2.12. The van der Waals surface area contributed by atoms with E-state index in [1.165, 1.54) is 64.2 Å². The second-order valence-corrected chi connectivity index (χ2v) is 8.47. The zero-order chi connectivity index (χ0) is 22.3. The van der Waals surface area contributed by atoms with Crippen molar-refractivity contribution in [2.45, 2.75) is 136 Å². The predicted molar refractivity (Wildman–Crippen MR) is 122 cm³/mol. The summed E-state index contributed by atoms with van der Waals surface area (Å²) in [5.41, 5.74) is 0. The molecule has 0 amide bonds. The zero-order valence-electron chi connectivity index (χ0n) is 19.8. The van der Waals surface area contributed by atoms with Crippen molar-refractivity contribution in [2.75, 3.05) is 13.2 Å². The van der Waals surface area contributed by atoms with Gasteiger partial charge in [-0.2, -0.15) is 0 Å². The van der Waals surface area contributed by atoms with Crippen LogP contribution in [0.3, 0.4) is 0 Å². The summed E-state index contributed by atoms with van der Waals surface area (Å²) in [7, 11) is 0. The third kappa shape index (κ3) is 21.6. The molecule has 0 heterocycles. The Hall–Kier alpha value is -1.10. The SMILES string of the molecule is CCCCCCCCCCCC(=O)OC[C@H](O)COC(=O)CCCCCCCCC. The smallest absolute Gasteiger partial charge is 0.305 e. The predicted octanol–water partition coefficient (Wildman–Crippen LogP) is 6.50. The van der Waals surface area contributed by atoms with Crippen LogP contribution in [0.4, 0.5) is 0 Å². The van der Waals surface area contributed by atoms with Crippen LogP contribution in [0.15, 0.2) is 0 Å². The van der Waals surface area contributed by atoms with Crippen LogP contribution < -0.4 is 0 Å². The lowest BCUT2D eigenvalue weighted by molar-refractivity contribution is -0.152. The van der Waals surface area contributed by atoms with Gasteiger partial charge in [0.2, 0.25) is 0 Å². The number of unbranched alkanes of at least 4 members (excludes halogenated alkanes) is 14. The van der Waals surface area contributed by atoms with Crippen LogP contribution in [-0.2, 0) is 19.1 Å². The van der Waals surface area contributed by atoms with Gasteiger partial charge in [0.25, 0.3) is 0 Å². The van der Waals surface area contributed by atoms with Gasteiger partial charge in [-0.25, -0.2) is 0 Å². The van der Waals surface area contributed by atoms with E-state index >= 15 is 0 Å². The summed E-state index contributed by atoms with van der Waals surface area (Å²) < 4.78 is 10.1. The Morgan fingerprint density at radius 2 is 0.867 bits per heavy atom. The highest BCUT2D eigenvalue weighted by molar-refractivity contribution is 5.69. The van der Waals surface area contributed by atoms with Crippen molar-refractivity contribution in [3.8, 4) is 0 Å². The minimum Gasteiger partial charge on any atom is -0.463 e. The molecule has 0 aromatic heterocycles. The fourth-order valence-corrected chi connectivity index (χ4v) is 3.38. The Bertz CT molecular complexity index is 397. The summed E-state index contributed by atoms with van der Waals surface area (Å²) in [5.74, 6) is -0.574. The molecule has 0 bridgehead atoms. The van der Waals surface area contributed by atoms with Crippen molar-refractivity contribution in [3.63, 3.8) is 0 Å². The number of hydrogen-bond donors (Lipinski definition) is 1. The third-order valence-electron chi connectivity index (χ3n) is 5.34. The number of rotatable bonds is 22. The van der Waals surface area contributed by atoms with E-state index in [0.717, 1.165) is 38.5 Å². The summed E-state index contributed by atoms with van der Waals surface area (Å²) in [5, 5.41) is 9.81. The topological polar surface area (TPSA) is 72.8 Å². The molecule has 5 heteroatoms. The standard InChI is InChI=1S/C25H48O5/c1-3-5-7-9-11-12-14-16-18-20-25(28)30-22-23(26)21-29-24(27)19-17-15-13-10-8-6-4-2/h23,26H,3-22H2,1-2H3/t23-/m1/s1.